The highest BCUT2D eigenvalue weighted by Crippen LogP contribution is 2.31. The van der Waals surface area contributed by atoms with Gasteiger partial charge in [-0.05, 0) is 62.1 Å². The summed E-state index contributed by atoms with van der Waals surface area (Å²) in [5, 5.41) is 9.54. The molecule has 3 amide bonds. The summed E-state index contributed by atoms with van der Waals surface area (Å²) in [6.45, 7) is 5.76. The third-order valence-corrected chi connectivity index (χ3v) is 5.14. The molecule has 0 saturated carbocycles. The second-order valence-corrected chi connectivity index (χ2v) is 7.39. The number of anilines is 2. The first-order chi connectivity index (χ1) is 12.4. The van der Waals surface area contributed by atoms with Crippen LogP contribution in [-0.4, -0.2) is 18.0 Å². The van der Waals surface area contributed by atoms with Crippen LogP contribution in [-0.2, 0) is 0 Å². The topological polar surface area (TPSA) is 70.2 Å². The Bertz CT molecular complexity index is 945. The Morgan fingerprint density at radius 1 is 0.923 bits per heavy atom. The second kappa shape index (κ2) is 7.58. The smallest absolute Gasteiger partial charge is 0.319 e. The van der Waals surface area contributed by atoms with Crippen molar-refractivity contribution in [2.75, 3.05) is 10.6 Å². The van der Waals surface area contributed by atoms with Crippen molar-refractivity contribution in [2.24, 2.45) is 0 Å². The van der Waals surface area contributed by atoms with Gasteiger partial charge in [0.05, 0.1) is 4.88 Å². The number of carbonyl (C=O) groups is 2. The molecule has 2 aromatic carbocycles. The summed E-state index contributed by atoms with van der Waals surface area (Å²) in [7, 11) is 0. The van der Waals surface area contributed by atoms with Crippen molar-refractivity contribution in [3.8, 4) is 0 Å². The molecule has 5 nitrogen and oxygen atoms in total. The van der Waals surface area contributed by atoms with E-state index in [4.69, 9.17) is 0 Å². The van der Waals surface area contributed by atoms with Crippen molar-refractivity contribution in [3.05, 3.63) is 59.0 Å². The Hall–Kier alpha value is -2.86. The normalized spacial score (nSPS) is 10.8. The van der Waals surface area contributed by atoms with Gasteiger partial charge in [-0.25, -0.2) is 4.79 Å². The summed E-state index contributed by atoms with van der Waals surface area (Å²) in [6.07, 6.45) is 0. The van der Waals surface area contributed by atoms with Crippen LogP contribution in [0.25, 0.3) is 10.1 Å². The predicted octanol–water partition coefficient (Wildman–Crippen LogP) is 4.99. The fourth-order valence-electron chi connectivity index (χ4n) is 2.65. The van der Waals surface area contributed by atoms with Gasteiger partial charge in [-0.1, -0.05) is 18.2 Å². The van der Waals surface area contributed by atoms with E-state index in [0.29, 0.717) is 16.3 Å². The Kier molecular flexibility index (Phi) is 5.23. The second-order valence-electron chi connectivity index (χ2n) is 6.34. The monoisotopic (exact) mass is 367 g/mol. The maximum atomic E-state index is 12.6. The summed E-state index contributed by atoms with van der Waals surface area (Å²) >= 11 is 1.49. The van der Waals surface area contributed by atoms with Crippen LogP contribution in [0.1, 0.15) is 29.1 Å². The molecule has 0 fully saturated rings. The summed E-state index contributed by atoms with van der Waals surface area (Å²) in [4.78, 5) is 25.0. The molecule has 0 spiro atoms. The SMILES string of the molecule is Cc1c(C(=O)Nc2ccc(NC(=O)NC(C)C)cc2)sc2ccccc12. The minimum Gasteiger partial charge on any atom is -0.336 e. The zero-order valence-electron chi connectivity index (χ0n) is 14.9. The third-order valence-electron chi connectivity index (χ3n) is 3.87. The van der Waals surface area contributed by atoms with E-state index < -0.39 is 0 Å². The average Bonchev–Trinajstić information content (AvgIpc) is 2.93. The van der Waals surface area contributed by atoms with Crippen molar-refractivity contribution in [1.82, 2.24) is 5.32 Å². The minimum atomic E-state index is -0.252. The van der Waals surface area contributed by atoms with Gasteiger partial charge in [-0.2, -0.15) is 0 Å². The molecule has 26 heavy (non-hydrogen) atoms. The Morgan fingerprint density at radius 3 is 2.15 bits per heavy atom. The lowest BCUT2D eigenvalue weighted by atomic mass is 10.1. The number of rotatable bonds is 4. The lowest BCUT2D eigenvalue weighted by molar-refractivity contribution is 0.103. The Morgan fingerprint density at radius 2 is 1.54 bits per heavy atom. The van der Waals surface area contributed by atoms with Crippen molar-refractivity contribution >= 4 is 44.7 Å². The number of thiophene rings is 1. The van der Waals surface area contributed by atoms with Crippen LogP contribution < -0.4 is 16.0 Å². The zero-order chi connectivity index (χ0) is 18.7. The van der Waals surface area contributed by atoms with E-state index in [-0.39, 0.29) is 18.0 Å². The zero-order valence-corrected chi connectivity index (χ0v) is 15.7. The van der Waals surface area contributed by atoms with Gasteiger partial charge >= 0.3 is 6.03 Å². The molecule has 3 rings (SSSR count). The highest BCUT2D eigenvalue weighted by atomic mass is 32.1. The molecule has 3 aromatic rings. The quantitative estimate of drug-likeness (QED) is 0.608. The number of hydrogen-bond donors (Lipinski definition) is 3. The number of urea groups is 1. The molecular weight excluding hydrogens is 346 g/mol. The van der Waals surface area contributed by atoms with E-state index in [0.717, 1.165) is 15.6 Å². The molecule has 0 radical (unpaired) electrons. The number of aryl methyl sites for hydroxylation is 1. The van der Waals surface area contributed by atoms with Gasteiger partial charge in [0.2, 0.25) is 0 Å². The fourth-order valence-corrected chi connectivity index (χ4v) is 3.75. The molecule has 0 bridgehead atoms. The summed E-state index contributed by atoms with van der Waals surface area (Å²) in [5.41, 5.74) is 2.34. The predicted molar refractivity (Wildman–Crippen MR) is 108 cm³/mol. The van der Waals surface area contributed by atoms with E-state index in [1.807, 2.05) is 45.0 Å². The van der Waals surface area contributed by atoms with Crippen LogP contribution in [0, 0.1) is 6.92 Å². The van der Waals surface area contributed by atoms with Crippen LogP contribution in [0.15, 0.2) is 48.5 Å². The van der Waals surface area contributed by atoms with Crippen molar-refractivity contribution in [3.63, 3.8) is 0 Å². The number of nitrogens with one attached hydrogen (secondary N) is 3. The minimum absolute atomic E-state index is 0.0677. The largest absolute Gasteiger partial charge is 0.336 e. The molecule has 0 saturated heterocycles. The molecule has 6 heteroatoms. The Balaban J connectivity index is 1.69. The average molecular weight is 367 g/mol. The van der Waals surface area contributed by atoms with Gasteiger partial charge in [0, 0.05) is 22.1 Å². The van der Waals surface area contributed by atoms with Gasteiger partial charge < -0.3 is 16.0 Å². The molecule has 1 aromatic heterocycles. The third kappa shape index (κ3) is 4.03. The van der Waals surface area contributed by atoms with E-state index in [2.05, 4.69) is 16.0 Å². The van der Waals surface area contributed by atoms with Crippen LogP contribution in [0.4, 0.5) is 16.2 Å². The highest BCUT2D eigenvalue weighted by Gasteiger charge is 2.15. The van der Waals surface area contributed by atoms with Gasteiger partial charge in [-0.15, -0.1) is 11.3 Å². The first kappa shape index (κ1) is 17.9. The molecular formula is C20H21N3O2S. The first-order valence-corrected chi connectivity index (χ1v) is 9.23. The van der Waals surface area contributed by atoms with Gasteiger partial charge in [0.25, 0.3) is 5.91 Å². The van der Waals surface area contributed by atoms with Crippen LogP contribution in [0.3, 0.4) is 0 Å². The number of fused-ring (bicyclic) bond motifs is 1. The van der Waals surface area contributed by atoms with E-state index >= 15 is 0 Å². The molecule has 3 N–H and O–H groups in total. The summed E-state index contributed by atoms with van der Waals surface area (Å²) in [6, 6.07) is 14.9. The van der Waals surface area contributed by atoms with E-state index in [1.165, 1.54) is 11.3 Å². The molecule has 0 unspecified atom stereocenters. The molecule has 1 heterocycles. The lowest BCUT2D eigenvalue weighted by Crippen LogP contribution is -2.34. The number of amides is 3. The Labute approximate surface area is 156 Å². The first-order valence-electron chi connectivity index (χ1n) is 8.41. The van der Waals surface area contributed by atoms with Crippen LogP contribution in [0.5, 0.6) is 0 Å². The van der Waals surface area contributed by atoms with Crippen molar-refractivity contribution in [1.29, 1.82) is 0 Å². The molecule has 0 aliphatic carbocycles. The molecule has 134 valence electrons. The highest BCUT2D eigenvalue weighted by molar-refractivity contribution is 7.21. The standard InChI is InChI=1S/C20H21N3O2S/c1-12(2)21-20(25)23-15-10-8-14(9-11-15)22-19(24)18-13(3)16-6-4-5-7-17(16)26-18/h4-12H,1-3H3,(H,22,24)(H2,21,23,25). The van der Waals surface area contributed by atoms with E-state index in [1.54, 1.807) is 24.3 Å². The van der Waals surface area contributed by atoms with Gasteiger partial charge in [0.1, 0.15) is 0 Å². The van der Waals surface area contributed by atoms with Gasteiger partial charge in [-0.3, -0.25) is 4.79 Å². The van der Waals surface area contributed by atoms with Gasteiger partial charge in [0.15, 0.2) is 0 Å². The van der Waals surface area contributed by atoms with Crippen molar-refractivity contribution < 1.29 is 9.59 Å². The summed E-state index contributed by atoms with van der Waals surface area (Å²) in [5.74, 6) is -0.123. The van der Waals surface area contributed by atoms with Crippen LogP contribution >= 0.6 is 11.3 Å². The number of carbonyl (C=O) groups excluding carboxylic acids is 2. The summed E-state index contributed by atoms with van der Waals surface area (Å²) < 4.78 is 1.10. The fraction of sp³-hybridized carbons (Fsp3) is 0.200. The van der Waals surface area contributed by atoms with Crippen LogP contribution in [0.2, 0.25) is 0 Å². The number of hydrogen-bond acceptors (Lipinski definition) is 3. The maximum Gasteiger partial charge on any atom is 0.319 e. The maximum absolute atomic E-state index is 12.6. The molecule has 0 atom stereocenters. The molecule has 0 aliphatic rings. The molecule has 0 aliphatic heterocycles. The lowest BCUT2D eigenvalue weighted by Gasteiger charge is -2.11. The van der Waals surface area contributed by atoms with E-state index in [9.17, 15) is 9.59 Å². The van der Waals surface area contributed by atoms with Crippen molar-refractivity contribution in [2.45, 2.75) is 26.8 Å². The number of benzene rings is 2.